The number of aryl methyl sites for hydroxylation is 1. The van der Waals surface area contributed by atoms with Gasteiger partial charge >= 0.3 is 0 Å². The summed E-state index contributed by atoms with van der Waals surface area (Å²) in [4.78, 5) is 13.8. The van der Waals surface area contributed by atoms with Crippen LogP contribution in [0.1, 0.15) is 0 Å². The van der Waals surface area contributed by atoms with E-state index in [1.165, 1.54) is 0 Å². The quantitative estimate of drug-likeness (QED) is 0.783. The smallest absolute Gasteiger partial charge is 0.163 e. The highest BCUT2D eigenvalue weighted by atomic mass is 32.1. The van der Waals surface area contributed by atoms with E-state index in [0.29, 0.717) is 11.5 Å². The van der Waals surface area contributed by atoms with Gasteiger partial charge in [-0.3, -0.25) is 9.58 Å². The van der Waals surface area contributed by atoms with Gasteiger partial charge < -0.3 is 10.6 Å². The minimum absolute atomic E-state index is 0.551. The molecule has 1 aliphatic heterocycles. The zero-order valence-corrected chi connectivity index (χ0v) is 12.2. The molecule has 0 unspecified atom stereocenters. The third kappa shape index (κ3) is 2.44. The fraction of sp³-hybridized carbons (Fsp3) is 0.500. The highest BCUT2D eigenvalue weighted by molar-refractivity contribution is 7.80. The molecule has 106 valence electrons. The molecule has 3 rings (SSSR count). The minimum Gasteiger partial charge on any atom is -0.392 e. The van der Waals surface area contributed by atoms with Gasteiger partial charge in [0.2, 0.25) is 0 Å². The minimum atomic E-state index is 0.551. The normalized spacial score (nSPS) is 16.8. The molecule has 0 radical (unpaired) electrons. The predicted molar refractivity (Wildman–Crippen MR) is 81.7 cm³/mol. The molecular formula is C12H17N7S. The molecule has 2 aromatic rings. The second kappa shape index (κ2) is 5.29. The largest absolute Gasteiger partial charge is 0.392 e. The van der Waals surface area contributed by atoms with Crippen LogP contribution in [0.5, 0.6) is 0 Å². The van der Waals surface area contributed by atoms with Crippen molar-refractivity contribution in [2.24, 2.45) is 12.8 Å². The molecule has 0 aromatic carbocycles. The Balaban J connectivity index is 1.78. The predicted octanol–water partition coefficient (Wildman–Crippen LogP) is -0.229. The van der Waals surface area contributed by atoms with E-state index in [4.69, 9.17) is 18.0 Å². The van der Waals surface area contributed by atoms with Crippen LogP contribution in [0.4, 0.5) is 5.82 Å². The maximum atomic E-state index is 5.59. The van der Waals surface area contributed by atoms with Crippen LogP contribution in [-0.4, -0.2) is 62.4 Å². The summed E-state index contributed by atoms with van der Waals surface area (Å²) in [6, 6.07) is 0. The van der Waals surface area contributed by atoms with Crippen molar-refractivity contribution >= 4 is 34.1 Å². The zero-order chi connectivity index (χ0) is 14.1. The van der Waals surface area contributed by atoms with Crippen molar-refractivity contribution in [3.8, 4) is 0 Å². The fourth-order valence-corrected chi connectivity index (χ4v) is 2.72. The summed E-state index contributed by atoms with van der Waals surface area (Å²) in [6.45, 7) is 4.37. The van der Waals surface area contributed by atoms with Gasteiger partial charge in [0.15, 0.2) is 5.65 Å². The lowest BCUT2D eigenvalue weighted by molar-refractivity contribution is 0.292. The molecule has 0 saturated carbocycles. The van der Waals surface area contributed by atoms with Gasteiger partial charge in [-0.2, -0.15) is 5.10 Å². The summed E-state index contributed by atoms with van der Waals surface area (Å²) in [5, 5.41) is 5.25. The van der Waals surface area contributed by atoms with Gasteiger partial charge in [0.05, 0.1) is 16.6 Å². The Morgan fingerprint density at radius 2 is 2.05 bits per heavy atom. The molecule has 0 bridgehead atoms. The van der Waals surface area contributed by atoms with Crippen molar-refractivity contribution < 1.29 is 0 Å². The second-order valence-electron chi connectivity index (χ2n) is 4.93. The molecule has 2 aromatic heterocycles. The lowest BCUT2D eigenvalue weighted by Crippen LogP contribution is -2.48. The molecule has 1 saturated heterocycles. The van der Waals surface area contributed by atoms with Crippen molar-refractivity contribution in [1.82, 2.24) is 24.6 Å². The first-order chi connectivity index (χ1) is 9.65. The lowest BCUT2D eigenvalue weighted by Gasteiger charge is -2.35. The Morgan fingerprint density at radius 1 is 1.30 bits per heavy atom. The number of rotatable bonds is 3. The number of hydrogen-bond donors (Lipinski definition) is 1. The topological polar surface area (TPSA) is 76.1 Å². The third-order valence-electron chi connectivity index (χ3n) is 3.56. The van der Waals surface area contributed by atoms with Gasteiger partial charge in [-0.05, 0) is 0 Å². The van der Waals surface area contributed by atoms with Crippen LogP contribution in [-0.2, 0) is 7.05 Å². The van der Waals surface area contributed by atoms with E-state index >= 15 is 0 Å². The highest BCUT2D eigenvalue weighted by Crippen LogP contribution is 2.22. The summed E-state index contributed by atoms with van der Waals surface area (Å²) in [5.74, 6) is 0.957. The molecular weight excluding hydrogens is 274 g/mol. The number of hydrogen-bond acceptors (Lipinski definition) is 6. The maximum absolute atomic E-state index is 5.59. The number of thiocarbonyl (C=S) groups is 1. The summed E-state index contributed by atoms with van der Waals surface area (Å²) >= 11 is 4.96. The number of nitrogens with zero attached hydrogens (tertiary/aromatic N) is 6. The average molecular weight is 291 g/mol. The molecule has 8 heteroatoms. The second-order valence-corrected chi connectivity index (χ2v) is 5.46. The van der Waals surface area contributed by atoms with Crippen molar-refractivity contribution in [3.05, 3.63) is 12.5 Å². The van der Waals surface area contributed by atoms with Gasteiger partial charge in [0.1, 0.15) is 12.1 Å². The van der Waals surface area contributed by atoms with Gasteiger partial charge in [-0.15, -0.1) is 0 Å². The summed E-state index contributed by atoms with van der Waals surface area (Å²) in [6.07, 6.45) is 3.42. The Bertz CT molecular complexity index is 630. The van der Waals surface area contributed by atoms with Gasteiger partial charge in [0, 0.05) is 39.8 Å². The molecule has 0 aliphatic carbocycles. The maximum Gasteiger partial charge on any atom is 0.163 e. The van der Waals surface area contributed by atoms with Crippen LogP contribution in [0.3, 0.4) is 0 Å². The van der Waals surface area contributed by atoms with E-state index in [1.807, 2.05) is 13.2 Å². The molecule has 20 heavy (non-hydrogen) atoms. The van der Waals surface area contributed by atoms with E-state index < -0.39 is 0 Å². The molecule has 0 amide bonds. The summed E-state index contributed by atoms with van der Waals surface area (Å²) < 4.78 is 1.77. The van der Waals surface area contributed by atoms with Crippen LogP contribution in [0.2, 0.25) is 0 Å². The standard InChI is InChI=1S/C12H17N7S/c1-17-11-9(6-16-17)12(15-8-14-11)19-4-2-18(3-5-19)7-10(13)20/h6,8H,2-5,7H2,1H3,(H2,13,20). The van der Waals surface area contributed by atoms with Crippen molar-refractivity contribution in [3.63, 3.8) is 0 Å². The fourth-order valence-electron chi connectivity index (χ4n) is 2.54. The number of aromatic nitrogens is 4. The number of piperazine rings is 1. The Hall–Kier alpha value is -1.80. The molecule has 1 fully saturated rings. The zero-order valence-electron chi connectivity index (χ0n) is 11.4. The van der Waals surface area contributed by atoms with Crippen molar-refractivity contribution in [2.75, 3.05) is 37.6 Å². The molecule has 7 nitrogen and oxygen atoms in total. The lowest BCUT2D eigenvalue weighted by atomic mass is 10.3. The summed E-state index contributed by atoms with van der Waals surface area (Å²) in [5.41, 5.74) is 6.45. The Morgan fingerprint density at radius 3 is 2.75 bits per heavy atom. The first-order valence-electron chi connectivity index (χ1n) is 6.53. The van der Waals surface area contributed by atoms with Gasteiger partial charge in [-0.1, -0.05) is 12.2 Å². The first kappa shape index (κ1) is 13.2. The van der Waals surface area contributed by atoms with Gasteiger partial charge in [0.25, 0.3) is 0 Å². The molecule has 3 heterocycles. The monoisotopic (exact) mass is 291 g/mol. The van der Waals surface area contributed by atoms with Crippen molar-refractivity contribution in [1.29, 1.82) is 0 Å². The Kier molecular flexibility index (Phi) is 3.49. The van der Waals surface area contributed by atoms with E-state index in [0.717, 1.165) is 43.0 Å². The van der Waals surface area contributed by atoms with E-state index in [1.54, 1.807) is 11.0 Å². The van der Waals surface area contributed by atoms with E-state index in [-0.39, 0.29) is 0 Å². The molecule has 1 aliphatic rings. The van der Waals surface area contributed by atoms with Crippen LogP contribution in [0.25, 0.3) is 11.0 Å². The van der Waals surface area contributed by atoms with Crippen LogP contribution < -0.4 is 10.6 Å². The van der Waals surface area contributed by atoms with Crippen LogP contribution in [0, 0.1) is 0 Å². The highest BCUT2D eigenvalue weighted by Gasteiger charge is 2.20. The Labute approximate surface area is 122 Å². The average Bonchev–Trinajstić information content (AvgIpc) is 2.81. The molecule has 0 spiro atoms. The van der Waals surface area contributed by atoms with Crippen molar-refractivity contribution in [2.45, 2.75) is 0 Å². The number of anilines is 1. The number of nitrogens with two attached hydrogens (primary N) is 1. The SMILES string of the molecule is Cn1ncc2c(N3CCN(CC(N)=S)CC3)ncnc21. The third-order valence-corrected chi connectivity index (χ3v) is 3.69. The van der Waals surface area contributed by atoms with Crippen LogP contribution in [0.15, 0.2) is 12.5 Å². The van der Waals surface area contributed by atoms with Gasteiger partial charge in [-0.25, -0.2) is 9.97 Å². The summed E-state index contributed by atoms with van der Waals surface area (Å²) in [7, 11) is 1.89. The van der Waals surface area contributed by atoms with E-state index in [2.05, 4.69) is 24.9 Å². The first-order valence-corrected chi connectivity index (χ1v) is 6.94. The van der Waals surface area contributed by atoms with E-state index in [9.17, 15) is 0 Å². The number of fused-ring (bicyclic) bond motifs is 1. The van der Waals surface area contributed by atoms with Crippen LogP contribution >= 0.6 is 12.2 Å². The molecule has 2 N–H and O–H groups in total. The molecule has 0 atom stereocenters.